The van der Waals surface area contributed by atoms with E-state index in [-0.39, 0.29) is 0 Å². The summed E-state index contributed by atoms with van der Waals surface area (Å²) in [6, 6.07) is 6.00. The molecule has 0 unspecified atom stereocenters. The van der Waals surface area contributed by atoms with E-state index >= 15 is 0 Å². The van der Waals surface area contributed by atoms with E-state index < -0.39 is 0 Å². The minimum absolute atomic E-state index is 0.636. The molecule has 0 fully saturated rings. The van der Waals surface area contributed by atoms with Crippen LogP contribution in [-0.2, 0) is 0 Å². The molecule has 0 atom stereocenters. The lowest BCUT2D eigenvalue weighted by molar-refractivity contribution is 0.609. The first-order chi connectivity index (χ1) is 10.2. The number of benzene rings is 1. The molecule has 120 valence electrons. The molecular weight excluding hydrogens is 301 g/mol. The van der Waals surface area contributed by atoms with Gasteiger partial charge in [-0.05, 0) is 31.0 Å². The van der Waals surface area contributed by atoms with Crippen LogP contribution in [0.15, 0.2) is 18.2 Å². The van der Waals surface area contributed by atoms with Crippen molar-refractivity contribution in [1.29, 1.82) is 0 Å². The largest absolute Gasteiger partial charge is 0.371 e. The highest BCUT2D eigenvalue weighted by atomic mass is 35.5. The fourth-order valence-electron chi connectivity index (χ4n) is 2.51. The maximum absolute atomic E-state index is 6.17. The Bertz CT molecular complexity index is 381. The Kier molecular flexibility index (Phi) is 9.95. The van der Waals surface area contributed by atoms with Gasteiger partial charge < -0.3 is 4.90 Å². The van der Waals surface area contributed by atoms with Crippen LogP contribution < -0.4 is 4.90 Å². The topological polar surface area (TPSA) is 3.24 Å². The molecule has 0 aromatic heterocycles. The average molecular weight is 330 g/mol. The molecule has 1 rings (SSSR count). The van der Waals surface area contributed by atoms with Gasteiger partial charge in [-0.2, -0.15) is 0 Å². The molecule has 0 heterocycles. The summed E-state index contributed by atoms with van der Waals surface area (Å²) in [5.74, 6) is 0. The number of hydrogen-bond donors (Lipinski definition) is 0. The van der Waals surface area contributed by atoms with Crippen molar-refractivity contribution in [3.8, 4) is 0 Å². The number of rotatable bonds is 11. The number of anilines is 1. The molecule has 0 aliphatic heterocycles. The van der Waals surface area contributed by atoms with Crippen molar-refractivity contribution < 1.29 is 0 Å². The predicted octanol–water partition coefficient (Wildman–Crippen LogP) is 6.96. The lowest BCUT2D eigenvalue weighted by Gasteiger charge is -2.25. The first-order valence-electron chi connectivity index (χ1n) is 8.39. The third-order valence-electron chi connectivity index (χ3n) is 3.83. The summed E-state index contributed by atoms with van der Waals surface area (Å²) in [6.45, 7) is 6.73. The van der Waals surface area contributed by atoms with Gasteiger partial charge in [-0.1, -0.05) is 75.6 Å². The summed E-state index contributed by atoms with van der Waals surface area (Å²) >= 11 is 12.2. The zero-order chi connectivity index (χ0) is 15.5. The highest BCUT2D eigenvalue weighted by molar-refractivity contribution is 6.42. The fourth-order valence-corrected chi connectivity index (χ4v) is 2.80. The van der Waals surface area contributed by atoms with E-state index in [4.69, 9.17) is 23.2 Å². The molecule has 0 saturated carbocycles. The monoisotopic (exact) mass is 329 g/mol. The minimum atomic E-state index is 0.636. The summed E-state index contributed by atoms with van der Waals surface area (Å²) in [6.07, 6.45) is 10.3. The Labute approximate surface area is 140 Å². The van der Waals surface area contributed by atoms with Crippen molar-refractivity contribution in [1.82, 2.24) is 0 Å². The second-order valence-corrected chi connectivity index (χ2v) is 6.52. The summed E-state index contributed by atoms with van der Waals surface area (Å²) in [5, 5.41) is 1.29. The SMILES string of the molecule is CCCCCCN(CCCCCC)c1ccc(Cl)c(Cl)c1. The molecule has 3 heteroatoms. The summed E-state index contributed by atoms with van der Waals surface area (Å²) in [4.78, 5) is 2.47. The standard InChI is InChI=1S/C18H29Cl2N/c1-3-5-7-9-13-21(14-10-8-6-4-2)16-11-12-17(19)18(20)15-16/h11-12,15H,3-10,13-14H2,1-2H3. The van der Waals surface area contributed by atoms with Crippen LogP contribution in [0.25, 0.3) is 0 Å². The highest BCUT2D eigenvalue weighted by Gasteiger charge is 2.08. The van der Waals surface area contributed by atoms with E-state index in [2.05, 4.69) is 24.8 Å². The molecule has 0 aliphatic rings. The van der Waals surface area contributed by atoms with Gasteiger partial charge in [0.2, 0.25) is 0 Å². The van der Waals surface area contributed by atoms with Crippen molar-refractivity contribution >= 4 is 28.9 Å². The molecule has 0 amide bonds. The lowest BCUT2D eigenvalue weighted by atomic mass is 10.1. The zero-order valence-electron chi connectivity index (χ0n) is 13.5. The van der Waals surface area contributed by atoms with Gasteiger partial charge in [-0.15, -0.1) is 0 Å². The molecular formula is C18H29Cl2N. The van der Waals surface area contributed by atoms with Crippen LogP contribution in [0.1, 0.15) is 65.2 Å². The van der Waals surface area contributed by atoms with E-state index in [1.807, 2.05) is 12.1 Å². The summed E-state index contributed by atoms with van der Waals surface area (Å²) in [5.41, 5.74) is 1.21. The van der Waals surface area contributed by atoms with Crippen LogP contribution >= 0.6 is 23.2 Å². The van der Waals surface area contributed by atoms with Gasteiger partial charge in [0.05, 0.1) is 10.0 Å². The van der Waals surface area contributed by atoms with Crippen molar-refractivity contribution in [3.63, 3.8) is 0 Å². The third-order valence-corrected chi connectivity index (χ3v) is 4.57. The minimum Gasteiger partial charge on any atom is -0.371 e. The van der Waals surface area contributed by atoms with Gasteiger partial charge in [0.1, 0.15) is 0 Å². The van der Waals surface area contributed by atoms with Crippen LogP contribution in [-0.4, -0.2) is 13.1 Å². The first-order valence-corrected chi connectivity index (χ1v) is 9.14. The quantitative estimate of drug-likeness (QED) is 0.396. The van der Waals surface area contributed by atoms with Gasteiger partial charge in [-0.3, -0.25) is 0 Å². The molecule has 0 aliphatic carbocycles. The Morgan fingerprint density at radius 1 is 0.762 bits per heavy atom. The molecule has 1 nitrogen and oxygen atoms in total. The van der Waals surface area contributed by atoms with Crippen molar-refractivity contribution in [2.75, 3.05) is 18.0 Å². The van der Waals surface area contributed by atoms with Gasteiger partial charge in [0.15, 0.2) is 0 Å². The van der Waals surface area contributed by atoms with Crippen molar-refractivity contribution in [3.05, 3.63) is 28.2 Å². The second-order valence-electron chi connectivity index (χ2n) is 5.71. The predicted molar refractivity (Wildman–Crippen MR) is 97.0 cm³/mol. The van der Waals surface area contributed by atoms with Crippen molar-refractivity contribution in [2.45, 2.75) is 65.2 Å². The van der Waals surface area contributed by atoms with Gasteiger partial charge >= 0.3 is 0 Å². The van der Waals surface area contributed by atoms with E-state index in [1.165, 1.54) is 57.1 Å². The Morgan fingerprint density at radius 3 is 1.81 bits per heavy atom. The number of unbranched alkanes of at least 4 members (excludes halogenated alkanes) is 6. The molecule has 0 spiro atoms. The molecule has 0 radical (unpaired) electrons. The highest BCUT2D eigenvalue weighted by Crippen LogP contribution is 2.27. The van der Waals surface area contributed by atoms with Crippen LogP contribution in [0.2, 0.25) is 10.0 Å². The average Bonchev–Trinajstić information content (AvgIpc) is 2.48. The molecule has 1 aromatic rings. The number of halogens is 2. The van der Waals surface area contributed by atoms with Gasteiger partial charge in [0.25, 0.3) is 0 Å². The maximum Gasteiger partial charge on any atom is 0.0612 e. The van der Waals surface area contributed by atoms with Crippen LogP contribution in [0, 0.1) is 0 Å². The fraction of sp³-hybridized carbons (Fsp3) is 0.667. The normalized spacial score (nSPS) is 10.9. The molecule has 0 N–H and O–H groups in total. The zero-order valence-corrected chi connectivity index (χ0v) is 15.0. The summed E-state index contributed by atoms with van der Waals surface area (Å²) in [7, 11) is 0. The smallest absolute Gasteiger partial charge is 0.0612 e. The molecule has 1 aromatic carbocycles. The van der Waals surface area contributed by atoms with Crippen LogP contribution in [0.5, 0.6) is 0 Å². The summed E-state index contributed by atoms with van der Waals surface area (Å²) < 4.78 is 0. The first kappa shape index (κ1) is 18.6. The Balaban J connectivity index is 2.58. The Morgan fingerprint density at radius 2 is 1.33 bits per heavy atom. The number of nitrogens with zero attached hydrogens (tertiary/aromatic N) is 1. The van der Waals surface area contributed by atoms with Crippen LogP contribution in [0.3, 0.4) is 0 Å². The number of hydrogen-bond acceptors (Lipinski definition) is 1. The second kappa shape index (κ2) is 11.2. The van der Waals surface area contributed by atoms with E-state index in [0.717, 1.165) is 13.1 Å². The Hall–Kier alpha value is -0.400. The molecule has 21 heavy (non-hydrogen) atoms. The van der Waals surface area contributed by atoms with E-state index in [1.54, 1.807) is 0 Å². The van der Waals surface area contributed by atoms with E-state index in [9.17, 15) is 0 Å². The molecule has 0 bridgehead atoms. The van der Waals surface area contributed by atoms with Gasteiger partial charge in [-0.25, -0.2) is 0 Å². The van der Waals surface area contributed by atoms with Crippen molar-refractivity contribution in [2.24, 2.45) is 0 Å². The third kappa shape index (κ3) is 7.42. The lowest BCUT2D eigenvalue weighted by Crippen LogP contribution is -2.25. The van der Waals surface area contributed by atoms with Crippen LogP contribution in [0.4, 0.5) is 5.69 Å². The van der Waals surface area contributed by atoms with E-state index in [0.29, 0.717) is 10.0 Å². The maximum atomic E-state index is 6.17. The molecule has 0 saturated heterocycles. The van der Waals surface area contributed by atoms with Gasteiger partial charge in [0, 0.05) is 18.8 Å².